The highest BCUT2D eigenvalue weighted by Crippen LogP contribution is 2.31. The number of benzene rings is 3. The van der Waals surface area contributed by atoms with Gasteiger partial charge in [-0.15, -0.1) is 5.11 Å². The van der Waals surface area contributed by atoms with Gasteiger partial charge < -0.3 is 4.90 Å². The second-order valence-electron chi connectivity index (χ2n) is 8.32. The predicted octanol–water partition coefficient (Wildman–Crippen LogP) is 5.52. The molecule has 0 radical (unpaired) electrons. The van der Waals surface area contributed by atoms with Crippen molar-refractivity contribution in [2.24, 2.45) is 20.5 Å². The van der Waals surface area contributed by atoms with E-state index in [-0.39, 0.29) is 23.2 Å². The van der Waals surface area contributed by atoms with Gasteiger partial charge >= 0.3 is 0 Å². The van der Waals surface area contributed by atoms with Gasteiger partial charge in [-0.25, -0.2) is 0 Å². The molecule has 0 atom stereocenters. The number of hydrogen-bond acceptors (Lipinski definition) is 9. The van der Waals surface area contributed by atoms with Crippen molar-refractivity contribution in [1.29, 1.82) is 0 Å². The van der Waals surface area contributed by atoms with Crippen LogP contribution in [0.25, 0.3) is 0 Å². The van der Waals surface area contributed by atoms with Crippen molar-refractivity contribution in [1.82, 2.24) is 4.90 Å². The summed E-state index contributed by atoms with van der Waals surface area (Å²) in [5.41, 5.74) is 2.12. The van der Waals surface area contributed by atoms with Crippen LogP contribution in [0.2, 0.25) is 0 Å². The van der Waals surface area contributed by atoms with E-state index in [4.69, 9.17) is 0 Å². The molecule has 0 aliphatic carbocycles. The second kappa shape index (κ2) is 11.7. The minimum atomic E-state index is -4.59. The van der Waals surface area contributed by atoms with Crippen LogP contribution in [-0.2, 0) is 19.7 Å². The van der Waals surface area contributed by atoms with Crippen molar-refractivity contribution in [3.8, 4) is 0 Å². The number of rotatable bonds is 10. The van der Waals surface area contributed by atoms with Crippen LogP contribution in [0.3, 0.4) is 0 Å². The Morgan fingerprint density at radius 2 is 1.37 bits per heavy atom. The molecule has 0 unspecified atom stereocenters. The van der Waals surface area contributed by atoms with Crippen LogP contribution in [-0.4, -0.2) is 49.8 Å². The Bertz CT molecular complexity index is 1500. The maximum Gasteiger partial charge on any atom is 0.296 e. The zero-order valence-electron chi connectivity index (χ0n) is 20.4. The summed E-state index contributed by atoms with van der Waals surface area (Å²) in [6, 6.07) is 20.1. The van der Waals surface area contributed by atoms with E-state index in [1.165, 1.54) is 35.3 Å². The zero-order valence-corrected chi connectivity index (χ0v) is 21.2. The maximum atomic E-state index is 11.9. The number of hydrogen-bond donors (Lipinski definition) is 1. The van der Waals surface area contributed by atoms with Crippen LogP contribution < -0.4 is 4.90 Å². The van der Waals surface area contributed by atoms with Crippen molar-refractivity contribution in [3.63, 3.8) is 0 Å². The van der Waals surface area contributed by atoms with Crippen molar-refractivity contribution in [2.45, 2.75) is 11.3 Å². The fourth-order valence-electron chi connectivity index (χ4n) is 3.60. The minimum Gasteiger partial charge on any atom is -0.375 e. The molecule has 11 nitrogen and oxygen atoms in total. The van der Waals surface area contributed by atoms with E-state index in [9.17, 15) is 22.6 Å². The van der Waals surface area contributed by atoms with E-state index < -0.39 is 15.0 Å². The first-order valence-corrected chi connectivity index (χ1v) is 13.0. The molecule has 0 fully saturated rings. The summed E-state index contributed by atoms with van der Waals surface area (Å²) >= 11 is 0. The van der Waals surface area contributed by atoms with Crippen LogP contribution in [0.4, 0.5) is 28.4 Å². The number of anilines is 1. The van der Waals surface area contributed by atoms with Crippen LogP contribution in [0.1, 0.15) is 6.42 Å². The number of amides is 2. The standard InChI is InChI=1S/C26H24N6O5S/c1-31(16-5-17-32-25(33)14-15-26(32)34)22-11-8-20(9-12-22)28-30-23-13-10-21(18-24(23)38(35,36)37)29-27-19-6-3-2-4-7-19/h2-4,6-15,18H,5,16-17H2,1H3,(H,35,36,37). The monoisotopic (exact) mass is 532 g/mol. The molecule has 2 amide bonds. The third-order valence-corrected chi connectivity index (χ3v) is 6.48. The first-order chi connectivity index (χ1) is 18.2. The molecule has 0 spiro atoms. The quantitative estimate of drug-likeness (QED) is 0.207. The average Bonchev–Trinajstić information content (AvgIpc) is 3.23. The van der Waals surface area contributed by atoms with Crippen LogP contribution in [0, 0.1) is 0 Å². The molecular formula is C26H24N6O5S. The van der Waals surface area contributed by atoms with E-state index in [0.29, 0.717) is 30.9 Å². The number of carbonyl (C=O) groups is 2. The average molecular weight is 533 g/mol. The number of nitrogens with zero attached hydrogens (tertiary/aromatic N) is 6. The molecule has 38 heavy (non-hydrogen) atoms. The van der Waals surface area contributed by atoms with E-state index in [0.717, 1.165) is 5.69 Å². The normalized spacial score (nSPS) is 13.8. The third-order valence-electron chi connectivity index (χ3n) is 5.60. The van der Waals surface area contributed by atoms with Gasteiger partial charge in [0.05, 0.1) is 17.1 Å². The van der Waals surface area contributed by atoms with E-state index in [1.54, 1.807) is 36.4 Å². The lowest BCUT2D eigenvalue weighted by Crippen LogP contribution is -2.33. The molecule has 4 rings (SSSR count). The summed E-state index contributed by atoms with van der Waals surface area (Å²) in [6.07, 6.45) is 3.14. The van der Waals surface area contributed by atoms with Gasteiger partial charge in [-0.2, -0.15) is 23.8 Å². The molecule has 0 saturated heterocycles. The fourth-order valence-corrected chi connectivity index (χ4v) is 4.24. The summed E-state index contributed by atoms with van der Waals surface area (Å²) in [4.78, 5) is 26.0. The van der Waals surface area contributed by atoms with Gasteiger partial charge in [0.2, 0.25) is 0 Å². The van der Waals surface area contributed by atoms with E-state index in [2.05, 4.69) is 20.5 Å². The summed E-state index contributed by atoms with van der Waals surface area (Å²) in [7, 11) is -2.71. The van der Waals surface area contributed by atoms with Crippen molar-refractivity contribution < 1.29 is 22.6 Å². The van der Waals surface area contributed by atoms with Gasteiger partial charge in [0.15, 0.2) is 0 Å². The van der Waals surface area contributed by atoms with Gasteiger partial charge in [0.1, 0.15) is 10.6 Å². The van der Waals surface area contributed by atoms with E-state index >= 15 is 0 Å². The van der Waals surface area contributed by atoms with Crippen LogP contribution in [0.15, 0.2) is 110 Å². The summed E-state index contributed by atoms with van der Waals surface area (Å²) < 4.78 is 33.6. The Kier molecular flexibility index (Phi) is 8.14. The smallest absolute Gasteiger partial charge is 0.296 e. The number of azo groups is 2. The largest absolute Gasteiger partial charge is 0.375 e. The molecule has 1 heterocycles. The lowest BCUT2D eigenvalue weighted by Gasteiger charge is -2.21. The van der Waals surface area contributed by atoms with Crippen LogP contribution >= 0.6 is 0 Å². The van der Waals surface area contributed by atoms with Gasteiger partial charge in [-0.3, -0.25) is 19.0 Å². The van der Waals surface area contributed by atoms with E-state index in [1.807, 2.05) is 30.1 Å². The van der Waals surface area contributed by atoms with Gasteiger partial charge in [0.25, 0.3) is 21.9 Å². The molecule has 1 N–H and O–H groups in total. The number of imide groups is 1. The molecule has 1 aliphatic heterocycles. The SMILES string of the molecule is CN(CCCN1C(=O)C=CC1=O)c1ccc(N=Nc2ccc(N=Nc3ccccc3)cc2S(=O)(=O)O)cc1. The molecule has 0 saturated carbocycles. The molecule has 0 bridgehead atoms. The minimum absolute atomic E-state index is 0.0483. The molecule has 3 aromatic carbocycles. The van der Waals surface area contributed by atoms with Crippen molar-refractivity contribution in [2.75, 3.05) is 25.0 Å². The summed E-state index contributed by atoms with van der Waals surface area (Å²) in [5, 5.41) is 16.2. The van der Waals surface area contributed by atoms with Gasteiger partial charge in [-0.05, 0) is 61.0 Å². The van der Waals surface area contributed by atoms with Crippen molar-refractivity contribution >= 4 is 50.4 Å². The first kappa shape index (κ1) is 26.5. The summed E-state index contributed by atoms with van der Waals surface area (Å²) in [5.74, 6) is -0.591. The first-order valence-electron chi connectivity index (χ1n) is 11.6. The lowest BCUT2D eigenvalue weighted by molar-refractivity contribution is -0.136. The fraction of sp³-hybridized carbons (Fsp3) is 0.154. The van der Waals surface area contributed by atoms with Crippen molar-refractivity contribution in [3.05, 3.63) is 84.9 Å². The topological polar surface area (TPSA) is 144 Å². The highest BCUT2D eigenvalue weighted by Gasteiger charge is 2.22. The molecule has 0 aromatic heterocycles. The second-order valence-corrected chi connectivity index (χ2v) is 9.71. The summed E-state index contributed by atoms with van der Waals surface area (Å²) in [6.45, 7) is 0.952. The van der Waals surface area contributed by atoms with Crippen LogP contribution in [0.5, 0.6) is 0 Å². The highest BCUT2D eigenvalue weighted by molar-refractivity contribution is 7.86. The van der Waals surface area contributed by atoms with Gasteiger partial charge in [-0.1, -0.05) is 18.2 Å². The molecule has 1 aliphatic rings. The highest BCUT2D eigenvalue weighted by atomic mass is 32.2. The maximum absolute atomic E-state index is 11.9. The molecular weight excluding hydrogens is 508 g/mol. The Hall–Kier alpha value is -4.55. The Labute approximate surface area is 219 Å². The number of carbonyl (C=O) groups excluding carboxylic acids is 2. The Balaban J connectivity index is 1.41. The van der Waals surface area contributed by atoms with Gasteiger partial charge in [0, 0.05) is 38.0 Å². The Morgan fingerprint density at radius 1 is 0.789 bits per heavy atom. The lowest BCUT2D eigenvalue weighted by atomic mass is 10.2. The zero-order chi connectivity index (χ0) is 27.1. The Morgan fingerprint density at radius 3 is 2.03 bits per heavy atom. The molecule has 3 aromatic rings. The predicted molar refractivity (Wildman–Crippen MR) is 141 cm³/mol. The molecule has 194 valence electrons. The third kappa shape index (κ3) is 6.81. The molecule has 12 heteroatoms.